The summed E-state index contributed by atoms with van der Waals surface area (Å²) >= 11 is 1.55. The summed E-state index contributed by atoms with van der Waals surface area (Å²) < 4.78 is 15.4. The molecule has 2 N–H and O–H groups in total. The Morgan fingerprint density at radius 1 is 1.35 bits per heavy atom. The summed E-state index contributed by atoms with van der Waals surface area (Å²) in [4.78, 5) is 10.1. The zero-order valence-corrected chi connectivity index (χ0v) is 12.2. The maximum absolute atomic E-state index is 13.4. The molecule has 0 amide bonds. The first kappa shape index (κ1) is 13.2. The van der Waals surface area contributed by atoms with E-state index in [0.717, 1.165) is 39.0 Å². The molecule has 0 saturated heterocycles. The lowest BCUT2D eigenvalue weighted by atomic mass is 10.3. The van der Waals surface area contributed by atoms with Crippen molar-refractivity contribution in [3.63, 3.8) is 0 Å². The number of nitrogens with zero attached hydrogens (tertiary/aromatic N) is 3. The number of thiazole rings is 1. The Morgan fingerprint density at radius 3 is 2.80 bits per heavy atom. The van der Waals surface area contributed by atoms with Gasteiger partial charge in [0.25, 0.3) is 0 Å². The molecule has 20 heavy (non-hydrogen) atoms. The topological polar surface area (TPSA) is 56.7 Å². The summed E-state index contributed by atoms with van der Waals surface area (Å²) in [5, 5.41) is 0.887. The number of fused-ring (bicyclic) bond motifs is 1. The van der Waals surface area contributed by atoms with Crippen LogP contribution in [0.5, 0.6) is 0 Å². The molecule has 6 heteroatoms. The minimum atomic E-state index is -0.248. The van der Waals surface area contributed by atoms with Crippen molar-refractivity contribution < 1.29 is 4.39 Å². The van der Waals surface area contributed by atoms with Crippen molar-refractivity contribution in [2.75, 3.05) is 0 Å². The van der Waals surface area contributed by atoms with Crippen LogP contribution in [0.2, 0.25) is 0 Å². The second-order valence-corrected chi connectivity index (χ2v) is 5.62. The first-order valence-electron chi connectivity index (χ1n) is 6.46. The Balaban J connectivity index is 2.27. The van der Waals surface area contributed by atoms with Gasteiger partial charge in [0.1, 0.15) is 10.8 Å². The molecule has 3 rings (SSSR count). The number of hydrogen-bond acceptors (Lipinski definition) is 4. The lowest BCUT2D eigenvalue weighted by Crippen LogP contribution is -1.97. The maximum Gasteiger partial charge on any atom is 0.153 e. The van der Waals surface area contributed by atoms with Gasteiger partial charge in [0.2, 0.25) is 0 Å². The average Bonchev–Trinajstić information content (AvgIpc) is 2.98. The molecule has 0 aliphatic heterocycles. The second-order valence-electron chi connectivity index (χ2n) is 4.54. The summed E-state index contributed by atoms with van der Waals surface area (Å²) in [7, 11) is 0. The molecule has 2 aromatic heterocycles. The van der Waals surface area contributed by atoms with Gasteiger partial charge in [-0.3, -0.25) is 0 Å². The minimum absolute atomic E-state index is 0.248. The number of aryl methyl sites for hydroxylation is 2. The second kappa shape index (κ2) is 4.96. The predicted octanol–water partition coefficient (Wildman–Crippen LogP) is 3.09. The van der Waals surface area contributed by atoms with E-state index in [-0.39, 0.29) is 5.82 Å². The Kier molecular flexibility index (Phi) is 3.27. The highest BCUT2D eigenvalue weighted by Gasteiger charge is 2.17. The molecule has 4 nitrogen and oxygen atoms in total. The van der Waals surface area contributed by atoms with Crippen molar-refractivity contribution in [2.24, 2.45) is 5.73 Å². The molecule has 3 aromatic rings. The van der Waals surface area contributed by atoms with Gasteiger partial charge in [-0.2, -0.15) is 0 Å². The van der Waals surface area contributed by atoms with Crippen LogP contribution in [0.15, 0.2) is 18.2 Å². The van der Waals surface area contributed by atoms with Gasteiger partial charge in [-0.05, 0) is 32.0 Å². The molecule has 0 aliphatic rings. The lowest BCUT2D eigenvalue weighted by molar-refractivity contribution is 0.628. The van der Waals surface area contributed by atoms with Gasteiger partial charge in [-0.15, -0.1) is 11.3 Å². The Morgan fingerprint density at radius 2 is 2.15 bits per heavy atom. The fraction of sp³-hybridized carbons (Fsp3) is 0.286. The van der Waals surface area contributed by atoms with Gasteiger partial charge in [-0.1, -0.05) is 0 Å². The summed E-state index contributed by atoms with van der Waals surface area (Å²) in [6.07, 6.45) is 0. The van der Waals surface area contributed by atoms with Gasteiger partial charge < -0.3 is 10.3 Å². The molecule has 0 saturated carbocycles. The monoisotopic (exact) mass is 290 g/mol. The van der Waals surface area contributed by atoms with Crippen LogP contribution < -0.4 is 5.73 Å². The van der Waals surface area contributed by atoms with Crippen molar-refractivity contribution in [1.82, 2.24) is 14.5 Å². The van der Waals surface area contributed by atoms with Crippen LogP contribution >= 0.6 is 11.3 Å². The van der Waals surface area contributed by atoms with Gasteiger partial charge in [0.15, 0.2) is 5.82 Å². The summed E-state index contributed by atoms with van der Waals surface area (Å²) in [6, 6.07) is 4.67. The summed E-state index contributed by atoms with van der Waals surface area (Å²) in [5.41, 5.74) is 8.17. The van der Waals surface area contributed by atoms with Crippen LogP contribution in [0.3, 0.4) is 0 Å². The van der Waals surface area contributed by atoms with Crippen LogP contribution in [0.1, 0.15) is 17.6 Å². The summed E-state index contributed by atoms with van der Waals surface area (Å²) in [5.74, 6) is 0.588. The smallest absolute Gasteiger partial charge is 0.153 e. The van der Waals surface area contributed by atoms with Crippen LogP contribution in [0.4, 0.5) is 4.39 Å². The van der Waals surface area contributed by atoms with Crippen molar-refractivity contribution in [2.45, 2.75) is 26.9 Å². The highest BCUT2D eigenvalue weighted by Crippen LogP contribution is 2.32. The van der Waals surface area contributed by atoms with Gasteiger partial charge >= 0.3 is 0 Å². The number of halogens is 1. The zero-order valence-electron chi connectivity index (χ0n) is 11.4. The average molecular weight is 290 g/mol. The molecular weight excluding hydrogens is 275 g/mol. The maximum atomic E-state index is 13.4. The van der Waals surface area contributed by atoms with E-state index in [9.17, 15) is 4.39 Å². The largest absolute Gasteiger partial charge is 0.325 e. The van der Waals surface area contributed by atoms with E-state index in [4.69, 9.17) is 5.73 Å². The molecule has 0 bridgehead atoms. The van der Waals surface area contributed by atoms with E-state index >= 15 is 0 Å². The highest BCUT2D eigenvalue weighted by molar-refractivity contribution is 7.15. The van der Waals surface area contributed by atoms with Crippen molar-refractivity contribution in [3.8, 4) is 10.7 Å². The fourth-order valence-electron chi connectivity index (χ4n) is 2.34. The number of aromatic nitrogens is 3. The number of hydrogen-bond donors (Lipinski definition) is 1. The van der Waals surface area contributed by atoms with E-state index in [2.05, 4.69) is 9.97 Å². The quantitative estimate of drug-likeness (QED) is 0.806. The number of rotatable bonds is 3. The lowest BCUT2D eigenvalue weighted by Gasteiger charge is -2.04. The van der Waals surface area contributed by atoms with E-state index in [0.29, 0.717) is 6.54 Å². The van der Waals surface area contributed by atoms with Crippen molar-refractivity contribution in [3.05, 3.63) is 34.7 Å². The zero-order chi connectivity index (χ0) is 14.3. The van der Waals surface area contributed by atoms with Crippen molar-refractivity contribution in [1.29, 1.82) is 0 Å². The third-order valence-corrected chi connectivity index (χ3v) is 4.42. The normalized spacial score (nSPS) is 11.4. The van der Waals surface area contributed by atoms with Gasteiger partial charge in [0, 0.05) is 13.1 Å². The van der Waals surface area contributed by atoms with Crippen molar-refractivity contribution >= 4 is 22.4 Å². The molecule has 2 heterocycles. The van der Waals surface area contributed by atoms with E-state index in [1.54, 1.807) is 17.4 Å². The molecule has 1 aromatic carbocycles. The number of benzene rings is 1. The van der Waals surface area contributed by atoms with Gasteiger partial charge in [-0.25, -0.2) is 14.4 Å². The standard InChI is InChI=1S/C14H15FN4S/c1-3-19-11-6-9(15)4-5-10(11)18-14(19)13-8(2)17-12(7-16)20-13/h4-6H,3,7,16H2,1-2H3. The molecule has 0 unspecified atom stereocenters. The van der Waals surface area contributed by atoms with Gasteiger partial charge in [0.05, 0.1) is 21.6 Å². The van der Waals surface area contributed by atoms with Crippen LogP contribution in [0, 0.1) is 12.7 Å². The first-order valence-corrected chi connectivity index (χ1v) is 7.28. The molecule has 104 valence electrons. The van der Waals surface area contributed by atoms with E-state index in [1.165, 1.54) is 12.1 Å². The minimum Gasteiger partial charge on any atom is -0.325 e. The third-order valence-electron chi connectivity index (χ3n) is 3.25. The molecule has 0 fully saturated rings. The van der Waals surface area contributed by atoms with Crippen LogP contribution in [0.25, 0.3) is 21.7 Å². The highest BCUT2D eigenvalue weighted by atomic mass is 32.1. The Labute approximate surface area is 120 Å². The molecule has 0 aliphatic carbocycles. The molecule has 0 spiro atoms. The fourth-order valence-corrected chi connectivity index (χ4v) is 3.28. The van der Waals surface area contributed by atoms with Crippen LogP contribution in [-0.4, -0.2) is 14.5 Å². The van der Waals surface area contributed by atoms with Crippen LogP contribution in [-0.2, 0) is 13.1 Å². The number of nitrogens with two attached hydrogens (primary N) is 1. The number of imidazole rings is 1. The molecule has 0 radical (unpaired) electrons. The summed E-state index contributed by atoms with van der Waals surface area (Å²) in [6.45, 7) is 5.12. The van der Waals surface area contributed by atoms with E-state index in [1.807, 2.05) is 18.4 Å². The molecule has 0 atom stereocenters. The first-order chi connectivity index (χ1) is 9.63. The third kappa shape index (κ3) is 2.01. The predicted molar refractivity (Wildman–Crippen MR) is 79.1 cm³/mol. The Hall–Kier alpha value is -1.79. The SMILES string of the molecule is CCn1c(-c2sc(CN)nc2C)nc2ccc(F)cc21. The van der Waals surface area contributed by atoms with E-state index < -0.39 is 0 Å². The Bertz CT molecular complexity index is 775. The molecular formula is C14H15FN4S.